The maximum absolute atomic E-state index is 5.92. The Hall–Kier alpha value is -3.71. The van der Waals surface area contributed by atoms with E-state index in [0.29, 0.717) is 24.6 Å². The molecule has 0 aliphatic rings. The molecule has 4 rings (SSSR count). The minimum absolute atomic E-state index is 0.452. The van der Waals surface area contributed by atoms with Gasteiger partial charge in [-0.2, -0.15) is 0 Å². The van der Waals surface area contributed by atoms with Crippen LogP contribution >= 0.6 is 0 Å². The molecule has 4 nitrogen and oxygen atoms in total. The molecular weight excluding hydrogens is 334 g/mol. The van der Waals surface area contributed by atoms with Gasteiger partial charge in [0.2, 0.25) is 5.88 Å². The Kier molecular flexibility index (Phi) is 5.03. The van der Waals surface area contributed by atoms with Crippen molar-refractivity contribution in [1.29, 1.82) is 0 Å². The summed E-state index contributed by atoms with van der Waals surface area (Å²) in [6.07, 6.45) is 2.48. The van der Waals surface area contributed by atoms with Crippen molar-refractivity contribution in [3.8, 4) is 17.7 Å². The molecule has 0 fully saturated rings. The van der Waals surface area contributed by atoms with E-state index >= 15 is 0 Å². The summed E-state index contributed by atoms with van der Waals surface area (Å²) in [6, 6.07) is 23.4. The maximum Gasteiger partial charge on any atom is 0.249 e. The third-order valence-corrected chi connectivity index (χ3v) is 3.96. The molecule has 0 unspecified atom stereocenters. The first-order valence-electron chi connectivity index (χ1n) is 8.75. The molecule has 0 saturated heterocycles. The van der Waals surface area contributed by atoms with E-state index in [1.165, 1.54) is 0 Å². The summed E-state index contributed by atoms with van der Waals surface area (Å²) >= 11 is 0. The fraction of sp³-hybridized carbons (Fsp3) is 0.0870. The van der Waals surface area contributed by atoms with E-state index in [4.69, 9.17) is 4.74 Å². The molecule has 0 radical (unpaired) electrons. The third kappa shape index (κ3) is 4.28. The molecule has 2 aromatic heterocycles. The van der Waals surface area contributed by atoms with Crippen LogP contribution in [0.2, 0.25) is 0 Å². The number of aromatic nitrogens is 3. The SMILES string of the molecule is C(#Cc1nc2ccccc2nc1OCCc1ccccn1)c1ccccc1. The Balaban J connectivity index is 1.62. The first-order chi connectivity index (χ1) is 13.4. The highest BCUT2D eigenvalue weighted by Crippen LogP contribution is 2.18. The van der Waals surface area contributed by atoms with Gasteiger partial charge in [-0.25, -0.2) is 9.97 Å². The second-order valence-corrected chi connectivity index (χ2v) is 5.90. The standard InChI is InChI=1S/C23H17N3O/c1-2-8-18(9-3-1)13-14-22-23(26-21-12-5-4-11-20(21)25-22)27-17-15-19-10-6-7-16-24-19/h1-12,16H,15,17H2. The van der Waals surface area contributed by atoms with Crippen LogP contribution in [0.25, 0.3) is 11.0 Å². The number of pyridine rings is 1. The molecule has 130 valence electrons. The lowest BCUT2D eigenvalue weighted by molar-refractivity contribution is 0.307. The van der Waals surface area contributed by atoms with Gasteiger partial charge in [0.05, 0.1) is 17.6 Å². The van der Waals surface area contributed by atoms with Gasteiger partial charge >= 0.3 is 0 Å². The van der Waals surface area contributed by atoms with Crippen molar-refractivity contribution in [2.45, 2.75) is 6.42 Å². The van der Waals surface area contributed by atoms with Crippen LogP contribution in [-0.2, 0) is 6.42 Å². The van der Waals surface area contributed by atoms with Crippen LogP contribution in [-0.4, -0.2) is 21.6 Å². The van der Waals surface area contributed by atoms with Crippen molar-refractivity contribution >= 4 is 11.0 Å². The molecule has 0 aliphatic carbocycles. The predicted molar refractivity (Wildman–Crippen MR) is 105 cm³/mol. The fourth-order valence-electron chi connectivity index (χ4n) is 2.62. The van der Waals surface area contributed by atoms with Gasteiger partial charge in [-0.15, -0.1) is 0 Å². The van der Waals surface area contributed by atoms with Crippen molar-refractivity contribution in [3.63, 3.8) is 0 Å². The molecule has 0 saturated carbocycles. The number of hydrogen-bond donors (Lipinski definition) is 0. The van der Waals surface area contributed by atoms with Crippen molar-refractivity contribution in [3.05, 3.63) is 95.9 Å². The highest BCUT2D eigenvalue weighted by atomic mass is 16.5. The number of para-hydroxylation sites is 2. The predicted octanol–water partition coefficient (Wildman–Crippen LogP) is 4.05. The summed E-state index contributed by atoms with van der Waals surface area (Å²) in [5.74, 6) is 6.69. The molecular formula is C23H17N3O. The fourth-order valence-corrected chi connectivity index (χ4v) is 2.62. The van der Waals surface area contributed by atoms with Crippen LogP contribution in [0.1, 0.15) is 17.0 Å². The summed E-state index contributed by atoms with van der Waals surface area (Å²) in [5.41, 5.74) is 4.02. The van der Waals surface area contributed by atoms with E-state index in [-0.39, 0.29) is 0 Å². The van der Waals surface area contributed by atoms with E-state index in [1.54, 1.807) is 6.20 Å². The smallest absolute Gasteiger partial charge is 0.249 e. The van der Waals surface area contributed by atoms with Crippen molar-refractivity contribution in [1.82, 2.24) is 15.0 Å². The van der Waals surface area contributed by atoms with E-state index in [2.05, 4.69) is 26.8 Å². The van der Waals surface area contributed by atoms with E-state index in [1.807, 2.05) is 72.8 Å². The normalized spacial score (nSPS) is 10.2. The van der Waals surface area contributed by atoms with E-state index in [0.717, 1.165) is 22.3 Å². The lowest BCUT2D eigenvalue weighted by Crippen LogP contribution is -2.06. The van der Waals surface area contributed by atoms with Gasteiger partial charge in [0.1, 0.15) is 0 Å². The van der Waals surface area contributed by atoms with Crippen LogP contribution in [0, 0.1) is 11.8 Å². The monoisotopic (exact) mass is 351 g/mol. The quantitative estimate of drug-likeness (QED) is 0.521. The van der Waals surface area contributed by atoms with Gasteiger partial charge in [-0.3, -0.25) is 4.98 Å². The van der Waals surface area contributed by atoms with Crippen LogP contribution in [0.15, 0.2) is 79.0 Å². The Morgan fingerprint density at radius 2 is 1.48 bits per heavy atom. The van der Waals surface area contributed by atoms with Crippen molar-refractivity contribution in [2.75, 3.05) is 6.61 Å². The molecule has 0 atom stereocenters. The van der Waals surface area contributed by atoms with Crippen LogP contribution in [0.5, 0.6) is 5.88 Å². The molecule has 2 aromatic carbocycles. The second kappa shape index (κ2) is 8.11. The average Bonchev–Trinajstić information content (AvgIpc) is 2.73. The number of rotatable bonds is 4. The Labute approximate surface area is 157 Å². The Morgan fingerprint density at radius 1 is 0.741 bits per heavy atom. The van der Waals surface area contributed by atoms with Crippen molar-refractivity contribution in [2.24, 2.45) is 0 Å². The molecule has 0 amide bonds. The minimum Gasteiger partial charge on any atom is -0.475 e. The van der Waals surface area contributed by atoms with Crippen LogP contribution < -0.4 is 4.74 Å². The summed E-state index contributed by atoms with van der Waals surface area (Å²) in [7, 11) is 0. The highest BCUT2D eigenvalue weighted by Gasteiger charge is 2.08. The van der Waals surface area contributed by atoms with E-state index < -0.39 is 0 Å². The van der Waals surface area contributed by atoms with Gasteiger partial charge in [0.25, 0.3) is 0 Å². The number of fused-ring (bicyclic) bond motifs is 1. The summed E-state index contributed by atoms with van der Waals surface area (Å²) in [4.78, 5) is 13.6. The lowest BCUT2D eigenvalue weighted by Gasteiger charge is -2.08. The zero-order valence-corrected chi connectivity index (χ0v) is 14.7. The molecule has 4 heteroatoms. The van der Waals surface area contributed by atoms with Crippen molar-refractivity contribution < 1.29 is 4.74 Å². The number of hydrogen-bond acceptors (Lipinski definition) is 4. The van der Waals surface area contributed by atoms with Gasteiger partial charge in [0.15, 0.2) is 5.69 Å². The maximum atomic E-state index is 5.92. The van der Waals surface area contributed by atoms with Gasteiger partial charge < -0.3 is 4.74 Å². The number of ether oxygens (including phenoxy) is 1. The molecule has 0 bridgehead atoms. The minimum atomic E-state index is 0.452. The average molecular weight is 351 g/mol. The summed E-state index contributed by atoms with van der Waals surface area (Å²) in [6.45, 7) is 0.462. The number of benzene rings is 2. The first-order valence-corrected chi connectivity index (χ1v) is 8.75. The number of nitrogens with zero attached hydrogens (tertiary/aromatic N) is 3. The molecule has 27 heavy (non-hydrogen) atoms. The summed E-state index contributed by atoms with van der Waals surface area (Å²) < 4.78 is 5.92. The zero-order chi connectivity index (χ0) is 18.3. The second-order valence-electron chi connectivity index (χ2n) is 5.90. The Bertz CT molecular complexity index is 1100. The first kappa shape index (κ1) is 16.7. The molecule has 4 aromatic rings. The highest BCUT2D eigenvalue weighted by molar-refractivity contribution is 5.75. The topological polar surface area (TPSA) is 47.9 Å². The largest absolute Gasteiger partial charge is 0.475 e. The molecule has 0 N–H and O–H groups in total. The van der Waals surface area contributed by atoms with Gasteiger partial charge in [-0.05, 0) is 42.3 Å². The summed E-state index contributed by atoms with van der Waals surface area (Å²) in [5, 5.41) is 0. The van der Waals surface area contributed by atoms with Crippen LogP contribution in [0.3, 0.4) is 0 Å². The molecule has 0 aliphatic heterocycles. The van der Waals surface area contributed by atoms with E-state index in [9.17, 15) is 0 Å². The molecule has 0 spiro atoms. The molecule has 2 heterocycles. The van der Waals surface area contributed by atoms with Gasteiger partial charge in [-0.1, -0.05) is 42.3 Å². The van der Waals surface area contributed by atoms with Crippen LogP contribution in [0.4, 0.5) is 0 Å². The van der Waals surface area contributed by atoms with Gasteiger partial charge in [0, 0.05) is 23.9 Å². The third-order valence-electron chi connectivity index (χ3n) is 3.96. The Morgan fingerprint density at radius 3 is 2.26 bits per heavy atom. The lowest BCUT2D eigenvalue weighted by atomic mass is 10.2. The zero-order valence-electron chi connectivity index (χ0n) is 14.7.